The molecule has 14 aliphatic rings. The first kappa shape index (κ1) is 43.3. The molecule has 10 heterocycles. The summed E-state index contributed by atoms with van der Waals surface area (Å²) >= 11 is 0. The van der Waals surface area contributed by atoms with Gasteiger partial charge in [0.25, 0.3) is 0 Å². The molecular formula is C50H51NO19. The highest BCUT2D eigenvalue weighted by molar-refractivity contribution is 5.98. The Morgan fingerprint density at radius 1 is 0.743 bits per heavy atom. The zero-order valence-corrected chi connectivity index (χ0v) is 39.0. The van der Waals surface area contributed by atoms with Crippen LogP contribution in [0, 0.1) is 34.5 Å². The predicted molar refractivity (Wildman–Crippen MR) is 228 cm³/mol. The van der Waals surface area contributed by atoms with Gasteiger partial charge in [-0.2, -0.15) is 0 Å². The third-order valence-electron chi connectivity index (χ3n) is 19.2. The van der Waals surface area contributed by atoms with Crippen LogP contribution >= 0.6 is 0 Å². The summed E-state index contributed by atoms with van der Waals surface area (Å²) in [6.45, 7) is 13.7. The van der Waals surface area contributed by atoms with E-state index in [1.54, 1.807) is 27.7 Å². The molecule has 2 aromatic carbocycles. The lowest BCUT2D eigenvalue weighted by molar-refractivity contribution is -0.223. The van der Waals surface area contributed by atoms with Crippen molar-refractivity contribution >= 4 is 29.8 Å². The number of epoxide rings is 2. The fourth-order valence-corrected chi connectivity index (χ4v) is 15.9. The van der Waals surface area contributed by atoms with Gasteiger partial charge < -0.3 is 67.4 Å². The molecule has 0 aromatic heterocycles. The molecule has 2 spiro atoms. The molecule has 20 heteroatoms. The van der Waals surface area contributed by atoms with E-state index in [1.165, 1.54) is 5.56 Å². The van der Waals surface area contributed by atoms with Gasteiger partial charge in [-0.05, 0) is 77.4 Å². The first-order valence-electron chi connectivity index (χ1n) is 23.9. The Morgan fingerprint density at radius 2 is 1.31 bits per heavy atom. The van der Waals surface area contributed by atoms with Gasteiger partial charge in [0.2, 0.25) is 24.8 Å². The number of hydrogen-bond acceptors (Lipinski definition) is 20. The van der Waals surface area contributed by atoms with Crippen molar-refractivity contribution in [1.82, 2.24) is 4.90 Å². The topological polar surface area (TPSA) is 257 Å². The minimum absolute atomic E-state index is 0.103. The second-order valence-corrected chi connectivity index (χ2v) is 22.5. The Morgan fingerprint density at radius 3 is 1.96 bits per heavy atom. The molecule has 0 unspecified atom stereocenters. The second kappa shape index (κ2) is 12.9. The zero-order valence-electron chi connectivity index (χ0n) is 39.0. The van der Waals surface area contributed by atoms with E-state index in [0.29, 0.717) is 17.1 Å². The van der Waals surface area contributed by atoms with Crippen molar-refractivity contribution in [2.24, 2.45) is 34.5 Å². The fraction of sp³-hybridized carbons (Fsp3) is 0.620. The quantitative estimate of drug-likeness (QED) is 0.171. The number of carbonyl (C=O) groups excluding carboxylic acids is 5. The Hall–Kier alpha value is -5.51. The van der Waals surface area contributed by atoms with E-state index < -0.39 is 117 Å². The first-order chi connectivity index (χ1) is 33.1. The summed E-state index contributed by atoms with van der Waals surface area (Å²) in [5, 5.41) is 33.3. The maximum atomic E-state index is 12.7. The highest BCUT2D eigenvalue weighted by Crippen LogP contribution is 2.78. The van der Waals surface area contributed by atoms with Gasteiger partial charge in [-0.3, -0.25) is 14.5 Å². The van der Waals surface area contributed by atoms with Gasteiger partial charge in [-0.1, -0.05) is 18.2 Å². The number of nitrogens with zero attached hydrogens (tertiary/aromatic N) is 1. The molecule has 2 aromatic rings. The van der Waals surface area contributed by atoms with Crippen molar-refractivity contribution in [2.75, 3.05) is 27.2 Å². The second-order valence-electron chi connectivity index (χ2n) is 22.5. The average Bonchev–Trinajstić information content (AvgIpc) is 3.68. The minimum atomic E-state index is -1.47. The molecule has 4 bridgehead atoms. The standard InChI is InChI=1S/C20H17NO6.C15H18O7.C15H16O6/c1-21-5-4-10-6-14-15(25-8-24-14)7-12(10)17(21)18-11-2-3-13-19(26-9-23-13)16(11)20(22)27-18;1-12(2,18)6-7-10(16)20-8(6)9-13(3)14(7,19)4-5-15(13,22-5)11(17)21-9;1-5(2)7-8-11(16)19-9(7)10-13(3)14(8,18)4-6-15(13,21-6)12(17)20-10/h2-3,6-7,17-18H,4-5,8-9H2,1H3;5-9,18-19H,4H2,1-3H3;6-10,18H,1,4H2,2-3H3/t17-,18+;5-,6+,7-,8-,9-,13-,14-,15+;6-,7+,8-,9-,10-,13-,14-,15+/m011/s1. The number of likely N-dealkylation sites (N-methyl/N-ethyl adjacent to an activating group) is 1. The molecule has 6 saturated heterocycles. The molecular weight excluding hydrogens is 919 g/mol. The van der Waals surface area contributed by atoms with Crippen molar-refractivity contribution in [3.8, 4) is 23.0 Å². The molecule has 20 nitrogen and oxygen atoms in total. The number of cyclic esters (lactones) is 1. The van der Waals surface area contributed by atoms with Crippen molar-refractivity contribution in [3.63, 3.8) is 0 Å². The molecule has 70 heavy (non-hydrogen) atoms. The molecule has 0 radical (unpaired) electrons. The molecule has 18 atom stereocenters. The Labute approximate surface area is 399 Å². The largest absolute Gasteiger partial charge is 0.458 e. The number of ether oxygens (including phenoxy) is 11. The van der Waals surface area contributed by atoms with E-state index in [-0.39, 0.29) is 50.5 Å². The summed E-state index contributed by atoms with van der Waals surface area (Å²) in [6.07, 6.45) is -2.62. The first-order valence-corrected chi connectivity index (χ1v) is 23.9. The summed E-state index contributed by atoms with van der Waals surface area (Å²) < 4.78 is 61.1. The molecule has 4 aliphatic carbocycles. The summed E-state index contributed by atoms with van der Waals surface area (Å²) in [6, 6.07) is 7.73. The normalized spacial score (nSPS) is 47.1. The van der Waals surface area contributed by atoms with Gasteiger partial charge in [-0.25, -0.2) is 14.4 Å². The Balaban J connectivity index is 0.0000000994. The highest BCUT2D eigenvalue weighted by atomic mass is 16.7. The van der Waals surface area contributed by atoms with Crippen LogP contribution in [0.2, 0.25) is 0 Å². The number of esters is 5. The van der Waals surface area contributed by atoms with Crippen LogP contribution in [0.5, 0.6) is 23.0 Å². The van der Waals surface area contributed by atoms with Gasteiger partial charge in [0.05, 0.1) is 45.5 Å². The van der Waals surface area contributed by atoms with Gasteiger partial charge in [0, 0.05) is 36.8 Å². The number of rotatable bonds is 3. The van der Waals surface area contributed by atoms with Crippen LogP contribution in [0.15, 0.2) is 36.4 Å². The van der Waals surface area contributed by atoms with Crippen LogP contribution < -0.4 is 18.9 Å². The summed E-state index contributed by atoms with van der Waals surface area (Å²) in [4.78, 5) is 64.3. The SMILES string of the molecule is C=C(C)[C@@H]1[C@H]2OC(=O)[C@@H]1[C@]1(O)C[C@H]3O[C@]34C(=O)O[C@H]2[C@]14C.CC(C)(O)[C@@H]1[C@H]2OC(=O)[C@@H]1[C@]1(O)C[C@H]3O[C@]34C(=O)O[C@H]2[C@]14C.CN1CCc2cc3c(cc2[C@H]1[C@@H]1OC(=O)c2c1ccc1c2OCO1)OCO3. The van der Waals surface area contributed by atoms with E-state index in [2.05, 4.69) is 24.6 Å². The van der Waals surface area contributed by atoms with Crippen LogP contribution in [0.4, 0.5) is 0 Å². The van der Waals surface area contributed by atoms with Gasteiger partial charge in [0.1, 0.15) is 36.1 Å². The third kappa shape index (κ3) is 4.61. The number of hydrogen-bond donors (Lipinski definition) is 3. The zero-order chi connectivity index (χ0) is 48.9. The summed E-state index contributed by atoms with van der Waals surface area (Å²) in [5.74, 6) is -2.13. The molecule has 3 N–H and O–H groups in total. The molecule has 16 rings (SSSR count). The number of fused-ring (bicyclic) bond motifs is 13. The smallest absolute Gasteiger partial charge is 0.343 e. The molecule has 10 fully saturated rings. The summed E-state index contributed by atoms with van der Waals surface area (Å²) in [7, 11) is 2.05. The average molecular weight is 970 g/mol. The van der Waals surface area contributed by atoms with E-state index in [9.17, 15) is 39.3 Å². The van der Waals surface area contributed by atoms with Gasteiger partial charge in [-0.15, -0.1) is 0 Å². The monoisotopic (exact) mass is 969 g/mol. The molecule has 10 aliphatic heterocycles. The Bertz CT molecular complexity index is 2860. The lowest BCUT2D eigenvalue weighted by Crippen LogP contribution is -2.68. The van der Waals surface area contributed by atoms with E-state index >= 15 is 0 Å². The lowest BCUT2D eigenvalue weighted by Gasteiger charge is -2.53. The van der Waals surface area contributed by atoms with Crippen molar-refractivity contribution in [2.45, 2.75) is 131 Å². The molecule has 0 amide bonds. The molecule has 4 saturated carbocycles. The van der Waals surface area contributed by atoms with E-state index in [0.717, 1.165) is 41.2 Å². The summed E-state index contributed by atoms with van der Waals surface area (Å²) in [5.41, 5.74) is -3.86. The van der Waals surface area contributed by atoms with Crippen LogP contribution in [-0.2, 0) is 58.8 Å². The van der Waals surface area contributed by atoms with E-state index in [4.69, 9.17) is 52.1 Å². The maximum Gasteiger partial charge on any atom is 0.343 e. The van der Waals surface area contributed by atoms with Crippen molar-refractivity contribution < 1.29 is 91.4 Å². The van der Waals surface area contributed by atoms with Crippen LogP contribution in [-0.4, -0.2) is 142 Å². The number of carbonyl (C=O) groups is 5. The van der Waals surface area contributed by atoms with Gasteiger partial charge in [0.15, 0.2) is 35.2 Å². The van der Waals surface area contributed by atoms with Crippen LogP contribution in [0.25, 0.3) is 0 Å². The van der Waals surface area contributed by atoms with Crippen molar-refractivity contribution in [3.05, 3.63) is 58.7 Å². The number of benzene rings is 2. The van der Waals surface area contributed by atoms with Gasteiger partial charge >= 0.3 is 29.8 Å². The van der Waals surface area contributed by atoms with Crippen LogP contribution in [0.3, 0.4) is 0 Å². The lowest BCUT2D eigenvalue weighted by atomic mass is 9.52. The van der Waals surface area contributed by atoms with E-state index in [1.807, 2.05) is 25.1 Å². The van der Waals surface area contributed by atoms with Crippen molar-refractivity contribution in [1.29, 1.82) is 0 Å². The minimum Gasteiger partial charge on any atom is -0.458 e. The maximum absolute atomic E-state index is 12.7. The third-order valence-corrected chi connectivity index (χ3v) is 19.2. The number of aliphatic hydroxyl groups is 3. The highest BCUT2D eigenvalue weighted by Gasteiger charge is 2.97. The molecule has 370 valence electrons. The predicted octanol–water partition coefficient (Wildman–Crippen LogP) is 1.66. The van der Waals surface area contributed by atoms with Crippen LogP contribution in [0.1, 0.15) is 86.7 Å². The Kier molecular flexibility index (Phi) is 7.99. The fourth-order valence-electron chi connectivity index (χ4n) is 15.9.